The second-order valence-electron chi connectivity index (χ2n) is 7.09. The molecule has 150 valence electrons. The van der Waals surface area contributed by atoms with Gasteiger partial charge in [-0.2, -0.15) is 0 Å². The maximum atomic E-state index is 12.6. The fourth-order valence-electron chi connectivity index (χ4n) is 3.31. The van der Waals surface area contributed by atoms with Crippen molar-refractivity contribution in [2.45, 2.75) is 13.8 Å². The molecular weight excluding hydrogens is 421 g/mol. The highest BCUT2D eigenvalue weighted by Gasteiger charge is 2.12. The normalized spacial score (nSPS) is 10.9. The average Bonchev–Trinajstić information content (AvgIpc) is 2.71. The first-order valence-electron chi connectivity index (χ1n) is 9.24. The first-order valence-corrected chi connectivity index (χ1v) is 9.99. The summed E-state index contributed by atoms with van der Waals surface area (Å²) in [4.78, 5) is 25.1. The number of hydrogen-bond donors (Lipinski definition) is 1. The van der Waals surface area contributed by atoms with Crippen molar-refractivity contribution in [1.29, 1.82) is 0 Å². The van der Waals surface area contributed by atoms with E-state index in [1.165, 1.54) is 6.07 Å². The minimum atomic E-state index is -0.286. The number of aryl methyl sites for hydroxylation is 2. The van der Waals surface area contributed by atoms with E-state index >= 15 is 0 Å². The summed E-state index contributed by atoms with van der Waals surface area (Å²) in [5.41, 5.74) is 4.10. The van der Waals surface area contributed by atoms with Crippen molar-refractivity contribution >= 4 is 45.8 Å². The highest BCUT2D eigenvalue weighted by molar-refractivity contribution is 6.42. The van der Waals surface area contributed by atoms with E-state index in [0.29, 0.717) is 43.6 Å². The van der Waals surface area contributed by atoms with Crippen molar-refractivity contribution in [3.05, 3.63) is 97.6 Å². The second kappa shape index (κ2) is 7.98. The number of carbonyl (C=O) groups excluding carboxylic acids is 1. The smallest absolute Gasteiger partial charge is 0.255 e. The van der Waals surface area contributed by atoms with Crippen LogP contribution >= 0.6 is 23.2 Å². The molecule has 1 heterocycles. The lowest BCUT2D eigenvalue weighted by Crippen LogP contribution is -2.11. The summed E-state index contributed by atoms with van der Waals surface area (Å²) >= 11 is 11.9. The number of amides is 1. The van der Waals surface area contributed by atoms with Gasteiger partial charge in [0.05, 0.1) is 15.4 Å². The maximum Gasteiger partial charge on any atom is 0.255 e. The molecule has 0 radical (unpaired) electrons. The summed E-state index contributed by atoms with van der Waals surface area (Å²) in [5, 5.41) is 4.12. The van der Waals surface area contributed by atoms with Crippen LogP contribution in [0.15, 0.2) is 69.9 Å². The van der Waals surface area contributed by atoms with Gasteiger partial charge in [0.15, 0.2) is 5.43 Å². The molecule has 0 fully saturated rings. The quantitative estimate of drug-likeness (QED) is 0.390. The van der Waals surface area contributed by atoms with Crippen LogP contribution in [0.2, 0.25) is 10.0 Å². The molecular formula is C24H17Cl2NO3. The summed E-state index contributed by atoms with van der Waals surface area (Å²) in [5.74, 6) is 0.169. The molecule has 1 N–H and O–H groups in total. The number of rotatable bonds is 3. The molecule has 0 saturated carbocycles. The molecule has 0 aliphatic rings. The molecule has 0 spiro atoms. The van der Waals surface area contributed by atoms with Gasteiger partial charge in [0, 0.05) is 22.9 Å². The van der Waals surface area contributed by atoms with Crippen molar-refractivity contribution in [2.24, 2.45) is 0 Å². The van der Waals surface area contributed by atoms with E-state index in [1.807, 2.05) is 26.0 Å². The van der Waals surface area contributed by atoms with E-state index in [4.69, 9.17) is 27.6 Å². The molecule has 4 nitrogen and oxygen atoms in total. The SMILES string of the molecule is Cc1cc(C)c2oc(-c3ccc(C(=O)Nc4ccc(Cl)c(Cl)c4)cc3)cc(=O)c2c1. The zero-order chi connectivity index (χ0) is 21.4. The second-order valence-corrected chi connectivity index (χ2v) is 7.91. The molecule has 0 atom stereocenters. The van der Waals surface area contributed by atoms with Crippen LogP contribution in [0.4, 0.5) is 5.69 Å². The van der Waals surface area contributed by atoms with Crippen LogP contribution in [0.5, 0.6) is 0 Å². The van der Waals surface area contributed by atoms with Crippen molar-refractivity contribution in [3.8, 4) is 11.3 Å². The van der Waals surface area contributed by atoms with Gasteiger partial charge in [-0.15, -0.1) is 0 Å². The van der Waals surface area contributed by atoms with E-state index in [0.717, 1.165) is 11.1 Å². The van der Waals surface area contributed by atoms with Gasteiger partial charge in [0.25, 0.3) is 5.91 Å². The summed E-state index contributed by atoms with van der Waals surface area (Å²) in [7, 11) is 0. The third kappa shape index (κ3) is 3.97. The Bertz CT molecular complexity index is 1340. The van der Waals surface area contributed by atoms with Crippen LogP contribution in [-0.4, -0.2) is 5.91 Å². The van der Waals surface area contributed by atoms with Gasteiger partial charge in [-0.3, -0.25) is 9.59 Å². The van der Waals surface area contributed by atoms with Gasteiger partial charge in [0.2, 0.25) is 0 Å². The first kappa shape index (κ1) is 20.2. The first-order chi connectivity index (χ1) is 14.3. The van der Waals surface area contributed by atoms with Gasteiger partial charge in [-0.25, -0.2) is 0 Å². The van der Waals surface area contributed by atoms with Crippen molar-refractivity contribution < 1.29 is 9.21 Å². The van der Waals surface area contributed by atoms with Gasteiger partial charge in [-0.1, -0.05) is 41.4 Å². The van der Waals surface area contributed by atoms with Crippen molar-refractivity contribution in [2.75, 3.05) is 5.32 Å². The molecule has 1 amide bonds. The number of anilines is 1. The number of halogens is 2. The monoisotopic (exact) mass is 437 g/mol. The van der Waals surface area contributed by atoms with Gasteiger partial charge < -0.3 is 9.73 Å². The molecule has 0 aliphatic carbocycles. The molecule has 4 rings (SSSR count). The average molecular weight is 438 g/mol. The lowest BCUT2D eigenvalue weighted by atomic mass is 10.1. The minimum Gasteiger partial charge on any atom is -0.456 e. The van der Waals surface area contributed by atoms with Crippen LogP contribution in [0.25, 0.3) is 22.3 Å². The van der Waals surface area contributed by atoms with Crippen LogP contribution < -0.4 is 10.7 Å². The Morgan fingerprint density at radius 3 is 2.33 bits per heavy atom. The van der Waals surface area contributed by atoms with E-state index < -0.39 is 0 Å². The third-order valence-electron chi connectivity index (χ3n) is 4.77. The van der Waals surface area contributed by atoms with E-state index in [-0.39, 0.29) is 11.3 Å². The van der Waals surface area contributed by atoms with Crippen molar-refractivity contribution in [1.82, 2.24) is 0 Å². The molecule has 0 saturated heterocycles. The van der Waals surface area contributed by atoms with E-state index in [1.54, 1.807) is 42.5 Å². The number of fused-ring (bicyclic) bond motifs is 1. The Morgan fingerprint density at radius 1 is 0.900 bits per heavy atom. The molecule has 4 aromatic rings. The number of benzene rings is 3. The van der Waals surface area contributed by atoms with Gasteiger partial charge >= 0.3 is 0 Å². The minimum absolute atomic E-state index is 0.0977. The number of nitrogens with one attached hydrogen (secondary N) is 1. The molecule has 30 heavy (non-hydrogen) atoms. The Labute approximate surface area is 183 Å². The third-order valence-corrected chi connectivity index (χ3v) is 5.51. The van der Waals surface area contributed by atoms with Crippen molar-refractivity contribution in [3.63, 3.8) is 0 Å². The van der Waals surface area contributed by atoms with Crippen LogP contribution in [0, 0.1) is 13.8 Å². The molecule has 1 aromatic heterocycles. The lowest BCUT2D eigenvalue weighted by molar-refractivity contribution is 0.102. The Morgan fingerprint density at radius 2 is 1.63 bits per heavy atom. The Hall–Kier alpha value is -3.08. The zero-order valence-corrected chi connectivity index (χ0v) is 17.8. The number of hydrogen-bond acceptors (Lipinski definition) is 3. The van der Waals surface area contributed by atoms with Crippen LogP contribution in [-0.2, 0) is 0 Å². The fraction of sp³-hybridized carbons (Fsp3) is 0.0833. The number of carbonyl (C=O) groups is 1. The summed E-state index contributed by atoms with van der Waals surface area (Å²) in [6.45, 7) is 3.86. The lowest BCUT2D eigenvalue weighted by Gasteiger charge is -2.08. The van der Waals surface area contributed by atoms with Gasteiger partial charge in [-0.05, 0) is 61.4 Å². The maximum absolute atomic E-state index is 12.6. The Kier molecular flexibility index (Phi) is 5.37. The topological polar surface area (TPSA) is 59.3 Å². The summed E-state index contributed by atoms with van der Waals surface area (Å²) in [6, 6.07) is 17.0. The molecule has 0 unspecified atom stereocenters. The summed E-state index contributed by atoms with van der Waals surface area (Å²) in [6.07, 6.45) is 0. The predicted octanol–water partition coefficient (Wildman–Crippen LogP) is 6.64. The molecule has 0 aliphatic heterocycles. The highest BCUT2D eigenvalue weighted by Crippen LogP contribution is 2.27. The van der Waals surface area contributed by atoms with E-state index in [2.05, 4.69) is 5.32 Å². The Balaban J connectivity index is 1.62. The largest absolute Gasteiger partial charge is 0.456 e. The van der Waals surface area contributed by atoms with Gasteiger partial charge in [0.1, 0.15) is 11.3 Å². The standard InChI is InChI=1S/C24H17Cl2NO3/c1-13-9-14(2)23-18(10-13)21(28)12-22(30-23)15-3-5-16(6-4-15)24(29)27-17-7-8-19(25)20(26)11-17/h3-12H,1-2H3,(H,27,29). The zero-order valence-electron chi connectivity index (χ0n) is 16.3. The van der Waals surface area contributed by atoms with Crippen LogP contribution in [0.3, 0.4) is 0 Å². The molecule has 0 bridgehead atoms. The fourth-order valence-corrected chi connectivity index (χ4v) is 3.61. The summed E-state index contributed by atoms with van der Waals surface area (Å²) < 4.78 is 6.01. The predicted molar refractivity (Wildman–Crippen MR) is 122 cm³/mol. The van der Waals surface area contributed by atoms with E-state index in [9.17, 15) is 9.59 Å². The van der Waals surface area contributed by atoms with Crippen LogP contribution in [0.1, 0.15) is 21.5 Å². The highest BCUT2D eigenvalue weighted by atomic mass is 35.5. The molecule has 6 heteroatoms. The molecule has 3 aromatic carbocycles.